The third kappa shape index (κ3) is 4.58. The monoisotopic (exact) mass is 679 g/mol. The first-order chi connectivity index (χ1) is 25.7. The number of rotatable bonds is 4. The van der Waals surface area contributed by atoms with Crippen molar-refractivity contribution in [1.82, 2.24) is 14.5 Å². The van der Waals surface area contributed by atoms with Crippen molar-refractivity contribution in [2.24, 2.45) is 0 Å². The molecule has 0 bridgehead atoms. The molecule has 4 heteroatoms. The van der Waals surface area contributed by atoms with Crippen LogP contribution in [0.25, 0.3) is 103 Å². The lowest BCUT2D eigenvalue weighted by molar-refractivity contribution is 1.18. The summed E-state index contributed by atoms with van der Waals surface area (Å²) >= 11 is 1.85. The van der Waals surface area contributed by atoms with Crippen LogP contribution in [0.5, 0.6) is 0 Å². The number of hydrogen-bond acceptors (Lipinski definition) is 3. The van der Waals surface area contributed by atoms with Crippen LogP contribution < -0.4 is 0 Å². The molecule has 242 valence electrons. The van der Waals surface area contributed by atoms with Crippen LogP contribution in [0.2, 0.25) is 0 Å². The van der Waals surface area contributed by atoms with Gasteiger partial charge in [-0.05, 0) is 71.8 Å². The molecule has 0 amide bonds. The predicted molar refractivity (Wildman–Crippen MR) is 221 cm³/mol. The molecule has 0 unspecified atom stereocenters. The maximum absolute atomic E-state index is 5.29. The highest BCUT2D eigenvalue weighted by atomic mass is 32.1. The number of hydrogen-bond donors (Lipinski definition) is 0. The number of benzene rings is 7. The second-order valence-electron chi connectivity index (χ2n) is 13.4. The number of pyridine rings is 2. The summed E-state index contributed by atoms with van der Waals surface area (Å²) in [5.41, 5.74) is 11.8. The maximum Gasteiger partial charge on any atom is 0.0972 e. The van der Waals surface area contributed by atoms with Crippen LogP contribution in [-0.4, -0.2) is 14.5 Å². The largest absolute Gasteiger partial charge is 0.309 e. The molecule has 0 aliphatic heterocycles. The summed E-state index contributed by atoms with van der Waals surface area (Å²) in [5, 5.41) is 7.23. The van der Waals surface area contributed by atoms with Crippen LogP contribution >= 0.6 is 11.3 Å². The maximum atomic E-state index is 5.29. The van der Waals surface area contributed by atoms with Crippen LogP contribution in [0.1, 0.15) is 0 Å². The van der Waals surface area contributed by atoms with E-state index in [0.717, 1.165) is 50.0 Å². The van der Waals surface area contributed by atoms with E-state index in [-0.39, 0.29) is 0 Å². The van der Waals surface area contributed by atoms with E-state index >= 15 is 0 Å². The van der Waals surface area contributed by atoms with Gasteiger partial charge in [0.1, 0.15) is 0 Å². The number of thiophene rings is 1. The first kappa shape index (κ1) is 29.1. The van der Waals surface area contributed by atoms with Gasteiger partial charge in [-0.1, -0.05) is 115 Å². The Balaban J connectivity index is 0.986. The predicted octanol–water partition coefficient (Wildman–Crippen LogP) is 13.2. The Bertz CT molecular complexity index is 3170. The second-order valence-corrected chi connectivity index (χ2v) is 14.5. The zero-order chi connectivity index (χ0) is 34.2. The normalized spacial score (nSPS) is 11.8. The first-order valence-electron chi connectivity index (χ1n) is 17.6. The summed E-state index contributed by atoms with van der Waals surface area (Å²) in [7, 11) is 0. The minimum atomic E-state index is 0.913. The summed E-state index contributed by atoms with van der Waals surface area (Å²) in [6.45, 7) is 0. The molecule has 7 aromatic carbocycles. The highest BCUT2D eigenvalue weighted by molar-refractivity contribution is 7.25. The summed E-state index contributed by atoms with van der Waals surface area (Å²) in [6.07, 6.45) is 0. The van der Waals surface area contributed by atoms with E-state index < -0.39 is 0 Å². The van der Waals surface area contributed by atoms with E-state index in [1.165, 1.54) is 53.1 Å². The molecule has 0 N–H and O–H groups in total. The van der Waals surface area contributed by atoms with Gasteiger partial charge in [-0.3, -0.25) is 0 Å². The molecule has 0 atom stereocenters. The third-order valence-corrected chi connectivity index (χ3v) is 11.5. The van der Waals surface area contributed by atoms with Crippen molar-refractivity contribution in [2.45, 2.75) is 0 Å². The molecule has 0 saturated carbocycles. The first-order valence-corrected chi connectivity index (χ1v) is 18.4. The smallest absolute Gasteiger partial charge is 0.0972 e. The molecule has 0 aliphatic carbocycles. The van der Waals surface area contributed by atoms with Gasteiger partial charge < -0.3 is 4.57 Å². The van der Waals surface area contributed by atoms with Crippen LogP contribution in [0.3, 0.4) is 0 Å². The molecular formula is C48H29N3S. The molecule has 0 aliphatic rings. The van der Waals surface area contributed by atoms with Crippen LogP contribution in [-0.2, 0) is 0 Å². The summed E-state index contributed by atoms with van der Waals surface area (Å²) in [5.74, 6) is 0. The van der Waals surface area contributed by atoms with Crippen molar-refractivity contribution in [1.29, 1.82) is 0 Å². The lowest BCUT2D eigenvalue weighted by Crippen LogP contribution is -1.93. The fraction of sp³-hybridized carbons (Fsp3) is 0. The minimum absolute atomic E-state index is 0.913. The molecule has 52 heavy (non-hydrogen) atoms. The van der Waals surface area contributed by atoms with E-state index in [9.17, 15) is 0 Å². The van der Waals surface area contributed by atoms with Gasteiger partial charge in [0.25, 0.3) is 0 Å². The van der Waals surface area contributed by atoms with Gasteiger partial charge in [0.05, 0.1) is 33.5 Å². The van der Waals surface area contributed by atoms with Gasteiger partial charge in [-0.25, -0.2) is 9.97 Å². The molecule has 4 aromatic heterocycles. The molecule has 3 nitrogen and oxygen atoms in total. The van der Waals surface area contributed by atoms with Crippen molar-refractivity contribution in [3.05, 3.63) is 176 Å². The van der Waals surface area contributed by atoms with E-state index in [4.69, 9.17) is 9.97 Å². The van der Waals surface area contributed by atoms with Crippen LogP contribution in [0, 0.1) is 0 Å². The van der Waals surface area contributed by atoms with Crippen molar-refractivity contribution in [3.63, 3.8) is 0 Å². The average molecular weight is 680 g/mol. The van der Waals surface area contributed by atoms with E-state index in [1.807, 2.05) is 11.3 Å². The Morgan fingerprint density at radius 2 is 0.923 bits per heavy atom. The van der Waals surface area contributed by atoms with Crippen molar-refractivity contribution >= 4 is 75.1 Å². The topological polar surface area (TPSA) is 30.7 Å². The number of nitrogens with zero attached hydrogens (tertiary/aromatic N) is 3. The van der Waals surface area contributed by atoms with Crippen LogP contribution in [0.4, 0.5) is 0 Å². The van der Waals surface area contributed by atoms with Gasteiger partial charge in [-0.15, -0.1) is 11.3 Å². The summed E-state index contributed by atoms with van der Waals surface area (Å²) < 4.78 is 4.99. The van der Waals surface area contributed by atoms with Crippen LogP contribution in [0.15, 0.2) is 176 Å². The molecule has 4 heterocycles. The molecular weight excluding hydrogens is 651 g/mol. The number of para-hydroxylation sites is 2. The highest BCUT2D eigenvalue weighted by Gasteiger charge is 2.15. The highest BCUT2D eigenvalue weighted by Crippen LogP contribution is 2.38. The summed E-state index contributed by atoms with van der Waals surface area (Å²) in [6, 6.07) is 63.1. The number of aromatic nitrogens is 3. The molecule has 0 radical (unpaired) electrons. The minimum Gasteiger partial charge on any atom is -0.309 e. The second kappa shape index (κ2) is 11.5. The van der Waals surface area contributed by atoms with E-state index in [2.05, 4.69) is 180 Å². The van der Waals surface area contributed by atoms with Gasteiger partial charge in [0, 0.05) is 58.5 Å². The zero-order valence-electron chi connectivity index (χ0n) is 28.0. The Kier molecular flexibility index (Phi) is 6.42. The Hall–Kier alpha value is -6.62. The van der Waals surface area contributed by atoms with Gasteiger partial charge in [0.2, 0.25) is 0 Å². The quantitative estimate of drug-likeness (QED) is 0.173. The average Bonchev–Trinajstić information content (AvgIpc) is 3.76. The Labute approximate surface area is 303 Å². The molecule has 0 saturated heterocycles. The third-order valence-electron chi connectivity index (χ3n) is 10.4. The Morgan fingerprint density at radius 3 is 1.71 bits per heavy atom. The molecule has 0 fully saturated rings. The standard InChI is InChI=1S/C48H29N3S/c1-2-8-36(9-3-1)51-43-12-6-4-10-37(43)39-29-35(22-26-44(39)51)42-25-21-33-19-18-32-20-24-41(49-47(32)48(33)50-42)31-16-14-30(15-17-31)34-23-27-46-40(28-34)38-11-5-7-13-45(38)52-46/h1-29H. The fourth-order valence-electron chi connectivity index (χ4n) is 7.82. The van der Waals surface area contributed by atoms with E-state index in [1.54, 1.807) is 0 Å². The van der Waals surface area contributed by atoms with Gasteiger partial charge in [0.15, 0.2) is 0 Å². The zero-order valence-corrected chi connectivity index (χ0v) is 28.8. The summed E-state index contributed by atoms with van der Waals surface area (Å²) in [4.78, 5) is 10.5. The van der Waals surface area contributed by atoms with Crippen molar-refractivity contribution < 1.29 is 0 Å². The Morgan fingerprint density at radius 1 is 0.365 bits per heavy atom. The molecule has 11 rings (SSSR count). The van der Waals surface area contributed by atoms with Crippen molar-refractivity contribution in [3.8, 4) is 39.3 Å². The molecule has 11 aromatic rings. The fourth-order valence-corrected chi connectivity index (χ4v) is 8.90. The molecule has 0 spiro atoms. The number of fused-ring (bicyclic) bond motifs is 9. The van der Waals surface area contributed by atoms with Gasteiger partial charge in [-0.2, -0.15) is 0 Å². The lowest BCUT2D eigenvalue weighted by Gasteiger charge is -2.10. The SMILES string of the molecule is c1ccc(-n2c3ccccc3c3cc(-c4ccc5ccc6ccc(-c7ccc(-c8ccc9sc%10ccccc%10c9c8)cc7)nc6c5n4)ccc32)cc1. The van der Waals surface area contributed by atoms with E-state index in [0.29, 0.717) is 0 Å². The van der Waals surface area contributed by atoms with Crippen molar-refractivity contribution in [2.75, 3.05) is 0 Å². The lowest BCUT2D eigenvalue weighted by atomic mass is 10.00. The van der Waals surface area contributed by atoms with Gasteiger partial charge >= 0.3 is 0 Å².